The van der Waals surface area contributed by atoms with Crippen LogP contribution in [0.5, 0.6) is 11.5 Å². The van der Waals surface area contributed by atoms with E-state index in [0.29, 0.717) is 26.9 Å². The zero-order valence-electron chi connectivity index (χ0n) is 25.0. The van der Waals surface area contributed by atoms with E-state index in [9.17, 15) is 44.7 Å². The number of carbonyl (C=O) groups excluding carboxylic acids is 1. The molecule has 3 heterocycles. The third-order valence-corrected chi connectivity index (χ3v) is 10.9. The molecule has 4 aromatic rings. The van der Waals surface area contributed by atoms with Crippen molar-refractivity contribution in [2.24, 2.45) is 0 Å². The van der Waals surface area contributed by atoms with Gasteiger partial charge < -0.3 is 24.8 Å². The van der Waals surface area contributed by atoms with Gasteiger partial charge in [0.05, 0.1) is 27.8 Å². The van der Waals surface area contributed by atoms with Crippen LogP contribution >= 0.6 is 11.3 Å². The first kappa shape index (κ1) is 34.6. The summed E-state index contributed by atoms with van der Waals surface area (Å²) in [6, 6.07) is 6.92. The van der Waals surface area contributed by atoms with Gasteiger partial charge in [0.1, 0.15) is 23.4 Å². The number of thiazole rings is 1. The Labute approximate surface area is 278 Å². The first-order chi connectivity index (χ1) is 23.0. The van der Waals surface area contributed by atoms with Crippen LogP contribution < -0.4 is 19.7 Å². The Kier molecular flexibility index (Phi) is 9.09. The summed E-state index contributed by atoms with van der Waals surface area (Å²) in [4.78, 5) is 28.5. The fraction of sp³-hybridized carbons (Fsp3) is 0.379. The molecule has 1 saturated heterocycles. The number of nitrogens with zero attached hydrogens (tertiary/aromatic N) is 5. The van der Waals surface area contributed by atoms with E-state index >= 15 is 0 Å². The average Bonchev–Trinajstić information content (AvgIpc) is 3.73. The largest absolute Gasteiger partial charge is 0.573 e. The number of amides is 1. The van der Waals surface area contributed by atoms with Crippen LogP contribution in [0.4, 0.5) is 31.5 Å². The Bertz CT molecular complexity index is 1940. The maximum absolute atomic E-state index is 13.8. The van der Waals surface area contributed by atoms with E-state index in [1.54, 1.807) is 11.1 Å². The van der Waals surface area contributed by atoms with Crippen LogP contribution in [-0.2, 0) is 26.8 Å². The molecule has 1 aliphatic carbocycles. The van der Waals surface area contributed by atoms with Crippen molar-refractivity contribution in [2.75, 3.05) is 31.1 Å². The number of fused-ring (bicyclic) bond motifs is 1. The summed E-state index contributed by atoms with van der Waals surface area (Å²) in [6.45, 7) is -0.596. The molecule has 1 atom stereocenters. The number of nitrogens with one attached hydrogen (secondary N) is 1. The number of anilines is 1. The quantitative estimate of drug-likeness (QED) is 0.229. The summed E-state index contributed by atoms with van der Waals surface area (Å²) in [5, 5.41) is 12.8. The SMILES string of the molecule is O=C(NCc1ccc(OC(F)(F)F)cc1)[C@H]1CN(c2nc3nc(C4(CO)CC4)ncc3s2)CCN1S(=O)(=O)c1ccc(OC(F)(F)F)cc1. The lowest BCUT2D eigenvalue weighted by atomic mass is 10.1. The van der Waals surface area contributed by atoms with Crippen LogP contribution in [0.3, 0.4) is 0 Å². The predicted octanol–water partition coefficient (Wildman–Crippen LogP) is 4.10. The van der Waals surface area contributed by atoms with E-state index in [1.807, 2.05) is 0 Å². The van der Waals surface area contributed by atoms with E-state index < -0.39 is 51.6 Å². The molecule has 1 saturated carbocycles. The predicted molar refractivity (Wildman–Crippen MR) is 161 cm³/mol. The summed E-state index contributed by atoms with van der Waals surface area (Å²) in [5.74, 6) is -1.38. The zero-order valence-corrected chi connectivity index (χ0v) is 26.7. The number of benzene rings is 2. The summed E-state index contributed by atoms with van der Waals surface area (Å²) < 4.78 is 112. The van der Waals surface area contributed by atoms with Gasteiger partial charge in [-0.05, 0) is 54.8 Å². The Morgan fingerprint density at radius 2 is 1.57 bits per heavy atom. The third kappa shape index (κ3) is 7.81. The van der Waals surface area contributed by atoms with Gasteiger partial charge in [0.25, 0.3) is 0 Å². The number of hydrogen-bond acceptors (Lipinski definition) is 11. The van der Waals surface area contributed by atoms with Gasteiger partial charge >= 0.3 is 12.7 Å². The fourth-order valence-electron chi connectivity index (χ4n) is 5.23. The fourth-order valence-corrected chi connectivity index (χ4v) is 7.71. The van der Waals surface area contributed by atoms with Crippen molar-refractivity contribution in [3.05, 3.63) is 66.1 Å². The van der Waals surface area contributed by atoms with Gasteiger partial charge in [-0.15, -0.1) is 26.3 Å². The minimum Gasteiger partial charge on any atom is -0.406 e. The minimum atomic E-state index is -4.99. The van der Waals surface area contributed by atoms with Gasteiger partial charge in [-0.1, -0.05) is 23.5 Å². The van der Waals surface area contributed by atoms with Crippen molar-refractivity contribution in [3.8, 4) is 11.5 Å². The Morgan fingerprint density at radius 1 is 0.959 bits per heavy atom. The molecule has 49 heavy (non-hydrogen) atoms. The monoisotopic (exact) mass is 732 g/mol. The summed E-state index contributed by atoms with van der Waals surface area (Å²) >= 11 is 1.22. The number of sulfonamides is 1. The number of halogens is 6. The highest BCUT2D eigenvalue weighted by Crippen LogP contribution is 2.46. The van der Waals surface area contributed by atoms with Crippen LogP contribution in [0.1, 0.15) is 24.2 Å². The van der Waals surface area contributed by atoms with E-state index in [4.69, 9.17) is 0 Å². The zero-order chi connectivity index (χ0) is 35.2. The second-order valence-corrected chi connectivity index (χ2v) is 14.2. The topological polar surface area (TPSA) is 147 Å². The van der Waals surface area contributed by atoms with Crippen LogP contribution in [-0.4, -0.2) is 83.7 Å². The number of aliphatic hydroxyl groups is 1. The molecule has 0 spiro atoms. The van der Waals surface area contributed by atoms with E-state index in [0.717, 1.165) is 53.5 Å². The van der Waals surface area contributed by atoms with Gasteiger partial charge in [0.2, 0.25) is 15.9 Å². The van der Waals surface area contributed by atoms with Gasteiger partial charge in [-0.2, -0.15) is 9.29 Å². The molecule has 2 aromatic heterocycles. The first-order valence-corrected chi connectivity index (χ1v) is 16.8. The normalized spacial score (nSPS) is 18.3. The summed E-state index contributed by atoms with van der Waals surface area (Å²) in [6.07, 6.45) is -6.81. The molecule has 2 N–H and O–H groups in total. The second kappa shape index (κ2) is 12.9. The number of aliphatic hydroxyl groups excluding tert-OH is 1. The van der Waals surface area contributed by atoms with Gasteiger partial charge in [0, 0.05) is 26.2 Å². The standard InChI is InChI=1S/C29H26F6N6O6S2/c30-28(31,32)46-18-3-1-17(2-4-18)13-36-24(43)21-15-40(26-39-23-22(48-26)14-37-25(38-23)27(16-42)9-10-27)11-12-41(21)49(44,45)20-7-5-19(6-8-20)47-29(33,34)35/h1-8,14,21,42H,9-13,15-16H2,(H,36,43)/t21-/m1/s1. The van der Waals surface area contributed by atoms with Crippen molar-refractivity contribution in [3.63, 3.8) is 0 Å². The molecular weight excluding hydrogens is 706 g/mol. The molecule has 6 rings (SSSR count). The molecule has 20 heteroatoms. The van der Waals surface area contributed by atoms with Crippen molar-refractivity contribution < 1.29 is 54.1 Å². The molecule has 2 aliphatic rings. The summed E-state index contributed by atoms with van der Waals surface area (Å²) in [5.41, 5.74) is 0.270. The molecule has 0 bridgehead atoms. The van der Waals surface area contributed by atoms with Crippen LogP contribution in [0, 0.1) is 0 Å². The summed E-state index contributed by atoms with van der Waals surface area (Å²) in [7, 11) is -4.45. The van der Waals surface area contributed by atoms with Crippen molar-refractivity contribution >= 4 is 42.7 Å². The number of rotatable bonds is 10. The Balaban J connectivity index is 1.24. The molecule has 2 aromatic carbocycles. The average molecular weight is 733 g/mol. The maximum Gasteiger partial charge on any atom is 0.573 e. The number of alkyl halides is 6. The highest BCUT2D eigenvalue weighted by molar-refractivity contribution is 7.89. The number of aromatic nitrogens is 3. The van der Waals surface area contributed by atoms with Gasteiger partial charge in [-0.3, -0.25) is 4.79 Å². The number of ether oxygens (including phenoxy) is 2. The van der Waals surface area contributed by atoms with Gasteiger partial charge in [-0.25, -0.2) is 18.4 Å². The van der Waals surface area contributed by atoms with E-state index in [2.05, 4.69) is 29.7 Å². The highest BCUT2D eigenvalue weighted by atomic mass is 32.2. The van der Waals surface area contributed by atoms with E-state index in [-0.39, 0.29) is 37.7 Å². The second-order valence-electron chi connectivity index (χ2n) is 11.3. The molecule has 12 nitrogen and oxygen atoms in total. The maximum atomic E-state index is 13.8. The molecule has 1 aliphatic heterocycles. The number of carbonyl (C=O) groups is 1. The van der Waals surface area contributed by atoms with E-state index in [1.165, 1.54) is 23.5 Å². The van der Waals surface area contributed by atoms with Crippen molar-refractivity contribution in [1.29, 1.82) is 0 Å². The van der Waals surface area contributed by atoms with Crippen molar-refractivity contribution in [1.82, 2.24) is 24.6 Å². The molecular formula is C29H26F6N6O6S2. The van der Waals surface area contributed by atoms with Crippen LogP contribution in [0.2, 0.25) is 0 Å². The third-order valence-electron chi connectivity index (χ3n) is 7.96. The lowest BCUT2D eigenvalue weighted by Gasteiger charge is -2.39. The first-order valence-electron chi connectivity index (χ1n) is 14.6. The minimum absolute atomic E-state index is 0.0830. The molecule has 1 amide bonds. The van der Waals surface area contributed by atoms with Crippen molar-refractivity contribution in [2.45, 2.75) is 48.5 Å². The van der Waals surface area contributed by atoms with Crippen LogP contribution in [0.15, 0.2) is 59.6 Å². The molecule has 2 fully saturated rings. The lowest BCUT2D eigenvalue weighted by Crippen LogP contribution is -2.60. The molecule has 0 unspecified atom stereocenters. The van der Waals surface area contributed by atoms with Crippen LogP contribution in [0.25, 0.3) is 10.3 Å². The smallest absolute Gasteiger partial charge is 0.406 e. The van der Waals surface area contributed by atoms with Gasteiger partial charge in [0.15, 0.2) is 10.8 Å². The number of piperazine rings is 1. The Morgan fingerprint density at radius 3 is 2.14 bits per heavy atom. The lowest BCUT2D eigenvalue weighted by molar-refractivity contribution is -0.275. The highest BCUT2D eigenvalue weighted by Gasteiger charge is 2.47. The molecule has 262 valence electrons. The molecule has 0 radical (unpaired) electrons. The Hall–Kier alpha value is -4.27. The number of hydrogen-bond donors (Lipinski definition) is 2.